The summed E-state index contributed by atoms with van der Waals surface area (Å²) in [7, 11) is 0. The largest absolute Gasteiger partial charge is 0.550 e. The van der Waals surface area contributed by atoms with E-state index in [9.17, 15) is 15.0 Å². The number of aliphatic carboxylic acids is 1. The SMILES string of the molecule is C[C@H](CC[C@H]1[C@@]2(C)CCCC(C)(C)[C@@H]2CC[C@@]1(C)O)CC(=O)[O-]. The van der Waals surface area contributed by atoms with Crippen molar-refractivity contribution in [2.45, 2.75) is 91.6 Å². The van der Waals surface area contributed by atoms with E-state index in [-0.39, 0.29) is 23.7 Å². The number of carboxylic acid groups (broad SMARTS) is 1. The van der Waals surface area contributed by atoms with Crippen molar-refractivity contribution in [3.63, 3.8) is 0 Å². The lowest BCUT2D eigenvalue weighted by atomic mass is 9.45. The predicted molar refractivity (Wildman–Crippen MR) is 90.6 cm³/mol. The fourth-order valence-corrected chi connectivity index (χ4v) is 6.10. The van der Waals surface area contributed by atoms with Crippen molar-refractivity contribution < 1.29 is 15.0 Å². The van der Waals surface area contributed by atoms with E-state index in [2.05, 4.69) is 20.8 Å². The molecular formula is C20H35O3-. The highest BCUT2D eigenvalue weighted by Gasteiger charge is 2.57. The fourth-order valence-electron chi connectivity index (χ4n) is 6.10. The van der Waals surface area contributed by atoms with Crippen molar-refractivity contribution in [2.24, 2.45) is 28.6 Å². The minimum atomic E-state index is -0.962. The molecule has 0 heterocycles. The summed E-state index contributed by atoms with van der Waals surface area (Å²) in [5.74, 6) is 0.0788. The summed E-state index contributed by atoms with van der Waals surface area (Å²) in [6.45, 7) is 11.2. The molecule has 3 nitrogen and oxygen atoms in total. The summed E-state index contributed by atoms with van der Waals surface area (Å²) in [6.07, 6.45) is 7.60. The van der Waals surface area contributed by atoms with Crippen molar-refractivity contribution in [2.75, 3.05) is 0 Å². The molecule has 0 bridgehead atoms. The van der Waals surface area contributed by atoms with Gasteiger partial charge in [-0.25, -0.2) is 0 Å². The Kier molecular flexibility index (Phi) is 5.21. The van der Waals surface area contributed by atoms with Gasteiger partial charge in [-0.3, -0.25) is 0 Å². The molecule has 0 radical (unpaired) electrons. The first-order valence-electron chi connectivity index (χ1n) is 9.41. The third-order valence-corrected chi connectivity index (χ3v) is 7.23. The maximum absolute atomic E-state index is 11.1. The summed E-state index contributed by atoms with van der Waals surface area (Å²) in [4.78, 5) is 10.8. The van der Waals surface area contributed by atoms with Crippen LogP contribution in [-0.4, -0.2) is 16.7 Å². The van der Waals surface area contributed by atoms with Crippen LogP contribution in [-0.2, 0) is 4.79 Å². The number of carbonyl (C=O) groups is 1. The van der Waals surface area contributed by atoms with Crippen LogP contribution in [0.3, 0.4) is 0 Å². The van der Waals surface area contributed by atoms with Crippen molar-refractivity contribution >= 4 is 5.97 Å². The molecule has 2 aliphatic rings. The minimum Gasteiger partial charge on any atom is -0.550 e. The number of fused-ring (bicyclic) bond motifs is 1. The lowest BCUT2D eigenvalue weighted by Crippen LogP contribution is -2.57. The molecule has 3 heteroatoms. The zero-order valence-corrected chi connectivity index (χ0v) is 15.7. The van der Waals surface area contributed by atoms with Gasteiger partial charge in [0, 0.05) is 5.97 Å². The average molecular weight is 323 g/mol. The molecule has 0 aromatic heterocycles. The first-order valence-corrected chi connectivity index (χ1v) is 9.41. The Hall–Kier alpha value is -0.570. The Bertz CT molecular complexity index is 440. The van der Waals surface area contributed by atoms with E-state index in [0.29, 0.717) is 11.3 Å². The molecule has 2 aliphatic carbocycles. The monoisotopic (exact) mass is 323 g/mol. The lowest BCUT2D eigenvalue weighted by Gasteiger charge is -2.61. The van der Waals surface area contributed by atoms with E-state index in [1.165, 1.54) is 19.3 Å². The number of hydrogen-bond acceptors (Lipinski definition) is 3. The molecule has 0 amide bonds. The van der Waals surface area contributed by atoms with Gasteiger partial charge in [0.25, 0.3) is 0 Å². The third kappa shape index (κ3) is 3.75. The molecule has 5 atom stereocenters. The van der Waals surface area contributed by atoms with Gasteiger partial charge in [0.15, 0.2) is 0 Å². The summed E-state index contributed by atoms with van der Waals surface area (Å²) in [5, 5.41) is 21.9. The van der Waals surface area contributed by atoms with Crippen LogP contribution in [0, 0.1) is 28.6 Å². The Morgan fingerprint density at radius 2 is 1.87 bits per heavy atom. The van der Waals surface area contributed by atoms with Crippen LogP contribution in [0.5, 0.6) is 0 Å². The van der Waals surface area contributed by atoms with Crippen LogP contribution in [0.2, 0.25) is 0 Å². The Balaban J connectivity index is 2.17. The van der Waals surface area contributed by atoms with E-state index in [0.717, 1.165) is 25.7 Å². The molecule has 0 saturated heterocycles. The standard InChI is InChI=1S/C20H36O3/c1-14(13-17(21)22)7-8-16-19(4)11-6-10-18(2,3)15(19)9-12-20(16,5)23/h14-16,23H,6-13H2,1-5H3,(H,21,22)/p-1/t14-,15+,16+,19+,20-/m1/s1. The van der Waals surface area contributed by atoms with Gasteiger partial charge < -0.3 is 15.0 Å². The maximum atomic E-state index is 11.1. The predicted octanol–water partition coefficient (Wildman–Crippen LogP) is 3.54. The van der Waals surface area contributed by atoms with Crippen molar-refractivity contribution in [3.05, 3.63) is 0 Å². The second-order valence-corrected chi connectivity index (χ2v) is 9.61. The second-order valence-electron chi connectivity index (χ2n) is 9.61. The molecule has 134 valence electrons. The number of carboxylic acids is 1. The molecule has 0 aromatic carbocycles. The Morgan fingerprint density at radius 1 is 1.22 bits per heavy atom. The van der Waals surface area contributed by atoms with Crippen molar-refractivity contribution in [1.82, 2.24) is 0 Å². The second kappa shape index (κ2) is 6.38. The quantitative estimate of drug-likeness (QED) is 0.842. The van der Waals surface area contributed by atoms with Crippen LogP contribution in [0.1, 0.15) is 86.0 Å². The number of rotatable bonds is 5. The van der Waals surface area contributed by atoms with Crippen LogP contribution in [0.25, 0.3) is 0 Å². The van der Waals surface area contributed by atoms with Crippen LogP contribution < -0.4 is 5.11 Å². The van der Waals surface area contributed by atoms with Crippen molar-refractivity contribution in [1.29, 1.82) is 0 Å². The van der Waals surface area contributed by atoms with Gasteiger partial charge in [-0.2, -0.15) is 0 Å². The van der Waals surface area contributed by atoms with E-state index in [4.69, 9.17) is 0 Å². The lowest BCUT2D eigenvalue weighted by molar-refractivity contribution is -0.306. The van der Waals surface area contributed by atoms with Gasteiger partial charge in [-0.15, -0.1) is 0 Å². The number of aliphatic hydroxyl groups is 1. The fraction of sp³-hybridized carbons (Fsp3) is 0.950. The molecule has 0 aromatic rings. The van der Waals surface area contributed by atoms with E-state index in [1.807, 2.05) is 13.8 Å². The molecule has 2 fully saturated rings. The maximum Gasteiger partial charge on any atom is 0.0653 e. The molecule has 1 N–H and O–H groups in total. The van der Waals surface area contributed by atoms with Crippen LogP contribution in [0.15, 0.2) is 0 Å². The zero-order valence-electron chi connectivity index (χ0n) is 15.7. The summed E-state index contributed by atoms with van der Waals surface area (Å²) >= 11 is 0. The molecule has 0 aliphatic heterocycles. The van der Waals surface area contributed by atoms with Crippen LogP contribution >= 0.6 is 0 Å². The highest BCUT2D eigenvalue weighted by molar-refractivity contribution is 5.64. The smallest absolute Gasteiger partial charge is 0.0653 e. The normalized spacial score (nSPS) is 41.1. The minimum absolute atomic E-state index is 0.122. The van der Waals surface area contributed by atoms with Gasteiger partial charge in [-0.05, 0) is 80.5 Å². The number of carbonyl (C=O) groups excluding carboxylic acids is 1. The van der Waals surface area contributed by atoms with Gasteiger partial charge in [0.05, 0.1) is 5.60 Å². The first kappa shape index (κ1) is 18.8. The summed E-state index contributed by atoms with van der Waals surface area (Å²) in [6, 6.07) is 0. The molecule has 0 unspecified atom stereocenters. The molecule has 2 rings (SSSR count). The third-order valence-electron chi connectivity index (χ3n) is 7.23. The highest BCUT2D eigenvalue weighted by atomic mass is 16.4. The molecule has 23 heavy (non-hydrogen) atoms. The summed E-state index contributed by atoms with van der Waals surface area (Å²) in [5.41, 5.74) is -0.108. The Morgan fingerprint density at radius 3 is 2.48 bits per heavy atom. The first-order chi connectivity index (χ1) is 10.5. The van der Waals surface area contributed by atoms with Gasteiger partial charge in [-0.1, -0.05) is 34.1 Å². The summed E-state index contributed by atoms with van der Waals surface area (Å²) < 4.78 is 0. The van der Waals surface area contributed by atoms with E-state index >= 15 is 0 Å². The van der Waals surface area contributed by atoms with E-state index in [1.54, 1.807) is 0 Å². The highest BCUT2D eigenvalue weighted by Crippen LogP contribution is 2.63. The average Bonchev–Trinajstić information content (AvgIpc) is 2.34. The van der Waals surface area contributed by atoms with Crippen LogP contribution in [0.4, 0.5) is 0 Å². The zero-order chi connectivity index (χ0) is 17.5. The van der Waals surface area contributed by atoms with Crippen molar-refractivity contribution in [3.8, 4) is 0 Å². The van der Waals surface area contributed by atoms with Gasteiger partial charge in [0.1, 0.15) is 0 Å². The molecular weight excluding hydrogens is 288 g/mol. The Labute approximate surface area is 141 Å². The van der Waals surface area contributed by atoms with Gasteiger partial charge >= 0.3 is 0 Å². The topological polar surface area (TPSA) is 60.4 Å². The molecule has 0 spiro atoms. The van der Waals surface area contributed by atoms with E-state index < -0.39 is 11.6 Å². The van der Waals surface area contributed by atoms with Gasteiger partial charge in [0.2, 0.25) is 0 Å². The molecule has 2 saturated carbocycles. The number of hydrogen-bond donors (Lipinski definition) is 1.